The molecule has 0 bridgehead atoms. The predicted octanol–water partition coefficient (Wildman–Crippen LogP) is 2.67. The summed E-state index contributed by atoms with van der Waals surface area (Å²) < 4.78 is 5.78. The fraction of sp³-hybridized carbons (Fsp3) is 0.333. The van der Waals surface area contributed by atoms with Crippen LogP contribution < -0.4 is 15.4 Å². The lowest BCUT2D eigenvalue weighted by Crippen LogP contribution is -2.27. The van der Waals surface area contributed by atoms with Crippen molar-refractivity contribution < 1.29 is 4.74 Å². The molecule has 1 aliphatic heterocycles. The molecule has 2 aromatic rings. The molecule has 1 aliphatic rings. The highest BCUT2D eigenvalue weighted by molar-refractivity contribution is 6.30. The second kappa shape index (κ2) is 5.77. The van der Waals surface area contributed by atoms with Gasteiger partial charge in [0, 0.05) is 28.9 Å². The minimum atomic E-state index is 0.290. The van der Waals surface area contributed by atoms with Crippen molar-refractivity contribution in [3.63, 3.8) is 0 Å². The third-order valence-electron chi connectivity index (χ3n) is 3.54. The van der Waals surface area contributed by atoms with Gasteiger partial charge in [0.05, 0.1) is 6.54 Å². The monoisotopic (exact) mass is 304 g/mol. The van der Waals surface area contributed by atoms with Gasteiger partial charge < -0.3 is 15.4 Å². The van der Waals surface area contributed by atoms with Gasteiger partial charge in [-0.1, -0.05) is 18.5 Å². The predicted molar refractivity (Wildman–Crippen MR) is 83.8 cm³/mol. The molecule has 6 heteroatoms. The molecular weight excluding hydrogens is 288 g/mol. The van der Waals surface area contributed by atoms with E-state index in [1.165, 1.54) is 0 Å². The molecule has 110 valence electrons. The summed E-state index contributed by atoms with van der Waals surface area (Å²) in [5.41, 5.74) is 7.88. The first-order valence-corrected chi connectivity index (χ1v) is 7.32. The summed E-state index contributed by atoms with van der Waals surface area (Å²) in [6.45, 7) is 4.12. The van der Waals surface area contributed by atoms with Crippen LogP contribution in [0.25, 0.3) is 0 Å². The van der Waals surface area contributed by atoms with E-state index in [-0.39, 0.29) is 0 Å². The number of nitrogens with zero attached hydrogens (tertiary/aromatic N) is 3. The van der Waals surface area contributed by atoms with Crippen LogP contribution in [0.3, 0.4) is 0 Å². The number of aromatic nitrogens is 2. The molecule has 0 amide bonds. The number of benzene rings is 1. The number of rotatable bonds is 2. The van der Waals surface area contributed by atoms with Crippen LogP contribution in [-0.2, 0) is 13.0 Å². The fourth-order valence-electron chi connectivity index (χ4n) is 2.48. The van der Waals surface area contributed by atoms with E-state index in [9.17, 15) is 0 Å². The molecule has 5 nitrogen and oxygen atoms in total. The number of nitrogen functional groups attached to an aromatic ring is 1. The van der Waals surface area contributed by atoms with Gasteiger partial charge in [-0.25, -0.2) is 4.98 Å². The van der Waals surface area contributed by atoms with Crippen LogP contribution in [0.1, 0.15) is 18.1 Å². The lowest BCUT2D eigenvalue weighted by molar-refractivity contribution is 0.331. The standard InChI is InChI=1S/C15H17ClN4O/c1-2-10-8-18-15(17)19-14(10)20-5-6-21-13-4-3-12(16)7-11(13)9-20/h3-4,7-8H,2,5-6,9H2,1H3,(H2,17,18,19). The van der Waals surface area contributed by atoms with E-state index in [0.29, 0.717) is 24.1 Å². The van der Waals surface area contributed by atoms with E-state index in [1.807, 2.05) is 18.2 Å². The summed E-state index contributed by atoms with van der Waals surface area (Å²) in [6.07, 6.45) is 2.65. The summed E-state index contributed by atoms with van der Waals surface area (Å²) in [7, 11) is 0. The molecule has 0 saturated carbocycles. The normalized spacial score (nSPS) is 14.3. The van der Waals surface area contributed by atoms with Gasteiger partial charge in [0.15, 0.2) is 0 Å². The first kappa shape index (κ1) is 13.9. The number of hydrogen-bond donors (Lipinski definition) is 1. The molecule has 0 aliphatic carbocycles. The SMILES string of the molecule is CCc1cnc(N)nc1N1CCOc2ccc(Cl)cc2C1. The quantitative estimate of drug-likeness (QED) is 0.924. The number of fused-ring (bicyclic) bond motifs is 1. The van der Waals surface area contributed by atoms with E-state index in [0.717, 1.165) is 35.7 Å². The Labute approximate surface area is 128 Å². The molecular formula is C15H17ClN4O. The molecule has 0 saturated heterocycles. The van der Waals surface area contributed by atoms with E-state index < -0.39 is 0 Å². The zero-order valence-electron chi connectivity index (χ0n) is 11.8. The van der Waals surface area contributed by atoms with Gasteiger partial charge in [-0.2, -0.15) is 4.98 Å². The van der Waals surface area contributed by atoms with E-state index >= 15 is 0 Å². The van der Waals surface area contributed by atoms with Gasteiger partial charge in [-0.3, -0.25) is 0 Å². The molecule has 1 aromatic heterocycles. The van der Waals surface area contributed by atoms with Crippen LogP contribution in [0, 0.1) is 0 Å². The maximum atomic E-state index is 6.09. The molecule has 3 rings (SSSR count). The smallest absolute Gasteiger partial charge is 0.221 e. The molecule has 0 radical (unpaired) electrons. The number of aryl methyl sites for hydroxylation is 1. The van der Waals surface area contributed by atoms with Gasteiger partial charge in [-0.15, -0.1) is 0 Å². The largest absolute Gasteiger partial charge is 0.491 e. The molecule has 0 fully saturated rings. The molecule has 2 N–H and O–H groups in total. The van der Waals surface area contributed by atoms with Crippen molar-refractivity contribution in [3.8, 4) is 5.75 Å². The second-order valence-electron chi connectivity index (χ2n) is 4.95. The maximum absolute atomic E-state index is 6.09. The lowest BCUT2D eigenvalue weighted by Gasteiger charge is -2.23. The van der Waals surface area contributed by atoms with Gasteiger partial charge in [0.25, 0.3) is 0 Å². The number of halogens is 1. The van der Waals surface area contributed by atoms with Crippen molar-refractivity contribution in [1.82, 2.24) is 9.97 Å². The van der Waals surface area contributed by atoms with Crippen molar-refractivity contribution >= 4 is 23.4 Å². The van der Waals surface area contributed by atoms with Crippen molar-refractivity contribution in [2.24, 2.45) is 0 Å². The number of ether oxygens (including phenoxy) is 1. The van der Waals surface area contributed by atoms with Crippen LogP contribution in [-0.4, -0.2) is 23.1 Å². The number of hydrogen-bond acceptors (Lipinski definition) is 5. The van der Waals surface area contributed by atoms with E-state index in [4.69, 9.17) is 22.1 Å². The van der Waals surface area contributed by atoms with Crippen LogP contribution >= 0.6 is 11.6 Å². The zero-order chi connectivity index (χ0) is 14.8. The molecule has 0 unspecified atom stereocenters. The highest BCUT2D eigenvalue weighted by Crippen LogP contribution is 2.29. The van der Waals surface area contributed by atoms with Gasteiger partial charge >= 0.3 is 0 Å². The molecule has 1 aromatic carbocycles. The van der Waals surface area contributed by atoms with Gasteiger partial charge in [0.1, 0.15) is 18.2 Å². The molecule has 21 heavy (non-hydrogen) atoms. The van der Waals surface area contributed by atoms with Crippen molar-refractivity contribution in [2.75, 3.05) is 23.8 Å². The van der Waals surface area contributed by atoms with Crippen molar-refractivity contribution in [1.29, 1.82) is 0 Å². The minimum absolute atomic E-state index is 0.290. The lowest BCUT2D eigenvalue weighted by atomic mass is 10.1. The Morgan fingerprint density at radius 1 is 1.43 bits per heavy atom. The summed E-state index contributed by atoms with van der Waals surface area (Å²) >= 11 is 6.09. The molecule has 2 heterocycles. The Hall–Kier alpha value is -2.01. The first-order valence-electron chi connectivity index (χ1n) is 6.95. The third-order valence-corrected chi connectivity index (χ3v) is 3.78. The van der Waals surface area contributed by atoms with Crippen LogP contribution in [0.2, 0.25) is 5.02 Å². The van der Waals surface area contributed by atoms with Crippen LogP contribution in [0.4, 0.5) is 11.8 Å². The summed E-state index contributed by atoms with van der Waals surface area (Å²) in [4.78, 5) is 10.6. The topological polar surface area (TPSA) is 64.3 Å². The Bertz CT molecular complexity index is 662. The van der Waals surface area contributed by atoms with Crippen LogP contribution in [0.15, 0.2) is 24.4 Å². The fourth-order valence-corrected chi connectivity index (χ4v) is 2.67. The summed E-state index contributed by atoms with van der Waals surface area (Å²) in [6, 6.07) is 5.69. The summed E-state index contributed by atoms with van der Waals surface area (Å²) in [5.74, 6) is 2.04. The number of nitrogens with two attached hydrogens (primary N) is 1. The molecule has 0 atom stereocenters. The highest BCUT2D eigenvalue weighted by Gasteiger charge is 2.19. The summed E-state index contributed by atoms with van der Waals surface area (Å²) in [5, 5.41) is 0.706. The average molecular weight is 305 g/mol. The number of anilines is 2. The maximum Gasteiger partial charge on any atom is 0.221 e. The Kier molecular flexibility index (Phi) is 3.84. The molecule has 0 spiro atoms. The Morgan fingerprint density at radius 3 is 3.10 bits per heavy atom. The van der Waals surface area contributed by atoms with Crippen molar-refractivity contribution in [2.45, 2.75) is 19.9 Å². The van der Waals surface area contributed by atoms with Gasteiger partial charge in [0.2, 0.25) is 5.95 Å². The minimum Gasteiger partial charge on any atom is -0.491 e. The van der Waals surface area contributed by atoms with Gasteiger partial charge in [-0.05, 0) is 24.6 Å². The average Bonchev–Trinajstić information content (AvgIpc) is 2.68. The van der Waals surface area contributed by atoms with Crippen molar-refractivity contribution in [3.05, 3.63) is 40.5 Å². The Balaban J connectivity index is 1.98. The highest BCUT2D eigenvalue weighted by atomic mass is 35.5. The van der Waals surface area contributed by atoms with Crippen LogP contribution in [0.5, 0.6) is 5.75 Å². The zero-order valence-corrected chi connectivity index (χ0v) is 12.6. The second-order valence-corrected chi connectivity index (χ2v) is 5.39. The van der Waals surface area contributed by atoms with E-state index in [1.54, 1.807) is 6.20 Å². The van der Waals surface area contributed by atoms with E-state index in [2.05, 4.69) is 21.8 Å². The third kappa shape index (κ3) is 2.88. The Morgan fingerprint density at radius 2 is 2.29 bits per heavy atom. The first-order chi connectivity index (χ1) is 10.2.